The van der Waals surface area contributed by atoms with E-state index < -0.39 is 11.9 Å². The third-order valence-electron chi connectivity index (χ3n) is 4.55. The van der Waals surface area contributed by atoms with Crippen LogP contribution >= 0.6 is 54.5 Å². The van der Waals surface area contributed by atoms with Gasteiger partial charge >= 0.3 is 11.9 Å². The number of benzene rings is 3. The predicted molar refractivity (Wildman–Crippen MR) is 140 cm³/mol. The molecular weight excluding hydrogens is 669 g/mol. The average molecular weight is 683 g/mol. The van der Waals surface area contributed by atoms with Crippen molar-refractivity contribution in [2.24, 2.45) is 4.99 Å². The van der Waals surface area contributed by atoms with Crippen LogP contribution in [0.25, 0.3) is 6.08 Å². The van der Waals surface area contributed by atoms with Gasteiger partial charge in [-0.1, -0.05) is 18.2 Å². The number of rotatable bonds is 5. The Balaban J connectivity index is 1.63. The molecule has 0 radical (unpaired) electrons. The molecule has 0 saturated carbocycles. The summed E-state index contributed by atoms with van der Waals surface area (Å²) in [6.45, 7) is 0. The van der Waals surface area contributed by atoms with E-state index in [1.165, 1.54) is 7.11 Å². The third-order valence-corrected chi connectivity index (χ3v) is 7.47. The number of cyclic esters (lactones) is 1. The number of ether oxygens (including phenoxy) is 3. The summed E-state index contributed by atoms with van der Waals surface area (Å²) >= 11 is 9.09. The van der Waals surface area contributed by atoms with E-state index in [2.05, 4.69) is 59.4 Å². The lowest BCUT2D eigenvalue weighted by molar-refractivity contribution is -0.129. The minimum Gasteiger partial charge on any atom is -0.493 e. The summed E-state index contributed by atoms with van der Waals surface area (Å²) in [5, 5.41) is 0. The van der Waals surface area contributed by atoms with Crippen LogP contribution in [0, 0.1) is 3.57 Å². The highest BCUT2D eigenvalue weighted by atomic mass is 127. The van der Waals surface area contributed by atoms with Crippen molar-refractivity contribution in [3.8, 4) is 11.5 Å². The first-order chi connectivity index (χ1) is 15.9. The van der Waals surface area contributed by atoms with Crippen molar-refractivity contribution in [2.45, 2.75) is 0 Å². The Labute approximate surface area is 220 Å². The van der Waals surface area contributed by atoms with Crippen molar-refractivity contribution in [3.05, 3.63) is 95.6 Å². The fourth-order valence-corrected chi connectivity index (χ4v) is 4.22. The molecule has 0 atom stereocenters. The van der Waals surface area contributed by atoms with Gasteiger partial charge in [-0.2, -0.15) is 0 Å². The van der Waals surface area contributed by atoms with Crippen molar-refractivity contribution in [2.75, 3.05) is 7.11 Å². The molecular formula is C24H14Br2INO5. The number of carbonyl (C=O) groups is 2. The van der Waals surface area contributed by atoms with Crippen molar-refractivity contribution in [1.29, 1.82) is 0 Å². The average Bonchev–Trinajstić information content (AvgIpc) is 3.17. The number of carbonyl (C=O) groups excluding carboxylic acids is 2. The highest BCUT2D eigenvalue weighted by molar-refractivity contribution is 14.1. The zero-order valence-electron chi connectivity index (χ0n) is 17.0. The van der Waals surface area contributed by atoms with E-state index in [9.17, 15) is 9.59 Å². The SMILES string of the molecule is COc1cc(/C=C2\N=C(c3ccc(I)c(Br)c3)OC2=O)cc(Br)c1OC(=O)c1ccccc1. The number of hydrogen-bond acceptors (Lipinski definition) is 6. The maximum absolute atomic E-state index is 12.5. The van der Waals surface area contributed by atoms with E-state index in [-0.39, 0.29) is 17.3 Å². The van der Waals surface area contributed by atoms with Gasteiger partial charge in [-0.05, 0) is 109 Å². The molecule has 1 heterocycles. The summed E-state index contributed by atoms with van der Waals surface area (Å²) < 4.78 is 18.7. The van der Waals surface area contributed by atoms with Crippen LogP contribution in [0.2, 0.25) is 0 Å². The van der Waals surface area contributed by atoms with Crippen molar-refractivity contribution in [1.82, 2.24) is 0 Å². The maximum Gasteiger partial charge on any atom is 0.363 e. The molecule has 3 aromatic rings. The minimum absolute atomic E-state index is 0.141. The molecule has 0 bridgehead atoms. The topological polar surface area (TPSA) is 74.2 Å². The number of esters is 2. The highest BCUT2D eigenvalue weighted by Gasteiger charge is 2.25. The lowest BCUT2D eigenvalue weighted by Crippen LogP contribution is -2.09. The molecule has 9 heteroatoms. The molecule has 0 fully saturated rings. The van der Waals surface area contributed by atoms with Gasteiger partial charge in [0.15, 0.2) is 17.2 Å². The van der Waals surface area contributed by atoms with E-state index in [0.717, 1.165) is 8.04 Å². The largest absolute Gasteiger partial charge is 0.493 e. The van der Waals surface area contributed by atoms with Crippen molar-refractivity contribution >= 4 is 78.4 Å². The summed E-state index contributed by atoms with van der Waals surface area (Å²) in [7, 11) is 1.47. The van der Waals surface area contributed by atoms with Gasteiger partial charge in [-0.3, -0.25) is 0 Å². The number of methoxy groups -OCH3 is 1. The van der Waals surface area contributed by atoms with Gasteiger partial charge in [0.2, 0.25) is 5.90 Å². The fraction of sp³-hybridized carbons (Fsp3) is 0.0417. The Morgan fingerprint density at radius 1 is 1.06 bits per heavy atom. The third kappa shape index (κ3) is 5.36. The molecule has 4 rings (SSSR count). The summed E-state index contributed by atoms with van der Waals surface area (Å²) in [5.41, 5.74) is 1.85. The fourth-order valence-electron chi connectivity index (χ4n) is 2.97. The second-order valence-corrected chi connectivity index (χ2v) is 9.63. The van der Waals surface area contributed by atoms with Crippen LogP contribution in [0.15, 0.2) is 80.3 Å². The Bertz CT molecular complexity index is 1320. The van der Waals surface area contributed by atoms with E-state index in [0.29, 0.717) is 26.9 Å². The molecule has 0 aliphatic carbocycles. The van der Waals surface area contributed by atoms with Gasteiger partial charge in [0, 0.05) is 13.6 Å². The molecule has 6 nitrogen and oxygen atoms in total. The predicted octanol–water partition coefficient (Wildman–Crippen LogP) is 6.39. The lowest BCUT2D eigenvalue weighted by Gasteiger charge is -2.12. The van der Waals surface area contributed by atoms with Crippen LogP contribution in [0.5, 0.6) is 11.5 Å². The molecule has 1 aliphatic rings. The standard InChI is InChI=1S/C24H14Br2INO5/c1-31-20-11-13(9-17(26)21(20)32-23(29)14-5-3-2-4-6-14)10-19-24(30)33-22(28-19)15-7-8-18(27)16(25)12-15/h2-12H,1H3/b19-10-. The van der Waals surface area contributed by atoms with Gasteiger partial charge in [0.05, 0.1) is 17.1 Å². The summed E-state index contributed by atoms with van der Waals surface area (Å²) in [5.74, 6) is -0.303. The second kappa shape index (κ2) is 10.2. The van der Waals surface area contributed by atoms with Gasteiger partial charge in [0.25, 0.3) is 0 Å². The van der Waals surface area contributed by atoms with Crippen LogP contribution in [-0.2, 0) is 9.53 Å². The molecule has 0 N–H and O–H groups in total. The Morgan fingerprint density at radius 2 is 1.82 bits per heavy atom. The number of aliphatic imine (C=N–C) groups is 1. The Kier molecular flexibility index (Phi) is 7.30. The number of nitrogens with zero attached hydrogens (tertiary/aromatic N) is 1. The van der Waals surface area contributed by atoms with Gasteiger partial charge in [-0.25, -0.2) is 14.6 Å². The minimum atomic E-state index is -0.561. The maximum atomic E-state index is 12.5. The van der Waals surface area contributed by atoms with E-state index in [1.807, 2.05) is 24.3 Å². The summed E-state index contributed by atoms with van der Waals surface area (Å²) in [6.07, 6.45) is 1.58. The number of halogens is 3. The normalized spacial score (nSPS) is 14.1. The zero-order chi connectivity index (χ0) is 23.5. The monoisotopic (exact) mass is 681 g/mol. The van der Waals surface area contributed by atoms with E-state index in [1.54, 1.807) is 42.5 Å². The van der Waals surface area contributed by atoms with Crippen LogP contribution in [0.3, 0.4) is 0 Å². The molecule has 0 amide bonds. The quantitative estimate of drug-likeness (QED) is 0.135. The molecule has 0 aromatic heterocycles. The Morgan fingerprint density at radius 3 is 2.52 bits per heavy atom. The number of hydrogen-bond donors (Lipinski definition) is 0. The van der Waals surface area contributed by atoms with Gasteiger partial charge in [0.1, 0.15) is 0 Å². The Hall–Kier alpha value is -2.50. The van der Waals surface area contributed by atoms with Gasteiger partial charge < -0.3 is 14.2 Å². The van der Waals surface area contributed by atoms with Gasteiger partial charge in [-0.15, -0.1) is 0 Å². The van der Waals surface area contributed by atoms with E-state index >= 15 is 0 Å². The van der Waals surface area contributed by atoms with Crippen molar-refractivity contribution in [3.63, 3.8) is 0 Å². The molecule has 1 aliphatic heterocycles. The molecule has 3 aromatic carbocycles. The molecule has 33 heavy (non-hydrogen) atoms. The van der Waals surface area contributed by atoms with Crippen LogP contribution in [0.1, 0.15) is 21.5 Å². The summed E-state index contributed by atoms with van der Waals surface area (Å²) in [4.78, 5) is 29.2. The van der Waals surface area contributed by atoms with Crippen LogP contribution in [-0.4, -0.2) is 24.9 Å². The highest BCUT2D eigenvalue weighted by Crippen LogP contribution is 2.38. The van der Waals surface area contributed by atoms with E-state index in [4.69, 9.17) is 14.2 Å². The lowest BCUT2D eigenvalue weighted by atomic mass is 10.1. The smallest absolute Gasteiger partial charge is 0.363 e. The first-order valence-electron chi connectivity index (χ1n) is 9.48. The second-order valence-electron chi connectivity index (χ2n) is 6.75. The molecule has 0 unspecified atom stereocenters. The van der Waals surface area contributed by atoms with Crippen molar-refractivity contribution < 1.29 is 23.8 Å². The molecule has 166 valence electrons. The first kappa shape index (κ1) is 23.7. The molecule has 0 spiro atoms. The zero-order valence-corrected chi connectivity index (χ0v) is 22.3. The summed E-state index contributed by atoms with van der Waals surface area (Å²) in [6, 6.07) is 17.6. The van der Waals surface area contributed by atoms with Crippen LogP contribution < -0.4 is 9.47 Å². The molecule has 0 saturated heterocycles. The first-order valence-corrected chi connectivity index (χ1v) is 12.1. The van der Waals surface area contributed by atoms with Crippen LogP contribution in [0.4, 0.5) is 0 Å².